The first kappa shape index (κ1) is 11.7. The van der Waals surface area contributed by atoms with Crippen LogP contribution in [0.4, 0.5) is 0 Å². The Hall–Kier alpha value is -0.300. The largest absolute Gasteiger partial charge is 0.316 e. The first-order chi connectivity index (χ1) is 5.33. The molecule has 0 amide bonds. The quantitative estimate of drug-likeness (QED) is 0.638. The van der Waals surface area contributed by atoms with Gasteiger partial charge in [0.1, 0.15) is 0 Å². The third-order valence-electron chi connectivity index (χ3n) is 1.95. The Morgan fingerprint density at radius 1 is 1.42 bits per heavy atom. The van der Waals surface area contributed by atoms with Crippen molar-refractivity contribution in [2.75, 3.05) is 13.1 Å². The first-order valence-electron chi connectivity index (χ1n) is 4.69. The molecule has 1 N–H and O–H groups in total. The third kappa shape index (κ3) is 6.41. The Morgan fingerprint density at radius 3 is 2.25 bits per heavy atom. The van der Waals surface area contributed by atoms with Crippen LogP contribution in [0.15, 0.2) is 12.2 Å². The van der Waals surface area contributed by atoms with E-state index in [0.29, 0.717) is 11.3 Å². The highest BCUT2D eigenvalue weighted by Crippen LogP contribution is 2.11. The summed E-state index contributed by atoms with van der Waals surface area (Å²) in [6.45, 7) is 17.1. The summed E-state index contributed by atoms with van der Waals surface area (Å²) in [4.78, 5) is 0. The minimum atomic E-state index is 0.384. The summed E-state index contributed by atoms with van der Waals surface area (Å²) in [5.41, 5.74) is 1.64. The van der Waals surface area contributed by atoms with Gasteiger partial charge in [-0.2, -0.15) is 0 Å². The number of hydrogen-bond acceptors (Lipinski definition) is 1. The Labute approximate surface area is 77.2 Å². The standard InChI is InChI=1S/C11H23N/c1-9(2)10(3)7-12-8-11(4,5)6/h10,12H,1,7-8H2,2-6H3. The molecule has 0 fully saturated rings. The van der Waals surface area contributed by atoms with Crippen LogP contribution in [0.3, 0.4) is 0 Å². The zero-order valence-electron chi connectivity index (χ0n) is 9.20. The van der Waals surface area contributed by atoms with E-state index in [1.165, 1.54) is 5.57 Å². The van der Waals surface area contributed by atoms with Gasteiger partial charge in [-0.05, 0) is 18.3 Å². The molecule has 12 heavy (non-hydrogen) atoms. The maximum absolute atomic E-state index is 3.93. The fraction of sp³-hybridized carbons (Fsp3) is 0.818. The maximum Gasteiger partial charge on any atom is 0.00142 e. The third-order valence-corrected chi connectivity index (χ3v) is 1.95. The van der Waals surface area contributed by atoms with E-state index in [0.717, 1.165) is 13.1 Å². The number of nitrogens with one attached hydrogen (secondary N) is 1. The molecule has 1 nitrogen and oxygen atoms in total. The second kappa shape index (κ2) is 4.66. The predicted octanol–water partition coefficient (Wildman–Crippen LogP) is 2.83. The Balaban J connectivity index is 3.51. The molecule has 0 aromatic rings. The van der Waals surface area contributed by atoms with Crippen molar-refractivity contribution >= 4 is 0 Å². The van der Waals surface area contributed by atoms with Crippen molar-refractivity contribution in [1.82, 2.24) is 5.32 Å². The van der Waals surface area contributed by atoms with E-state index in [2.05, 4.69) is 46.5 Å². The SMILES string of the molecule is C=C(C)C(C)CNCC(C)(C)C. The van der Waals surface area contributed by atoms with Gasteiger partial charge in [-0.3, -0.25) is 0 Å². The maximum atomic E-state index is 3.93. The summed E-state index contributed by atoms with van der Waals surface area (Å²) < 4.78 is 0. The van der Waals surface area contributed by atoms with Crippen LogP contribution < -0.4 is 5.32 Å². The molecule has 0 radical (unpaired) electrons. The Morgan fingerprint density at radius 2 is 1.92 bits per heavy atom. The second-order valence-corrected chi connectivity index (χ2v) is 4.94. The Kier molecular flexibility index (Phi) is 4.54. The molecule has 72 valence electrons. The minimum Gasteiger partial charge on any atom is -0.316 e. The number of hydrogen-bond donors (Lipinski definition) is 1. The van der Waals surface area contributed by atoms with Crippen LogP contribution in [0.2, 0.25) is 0 Å². The van der Waals surface area contributed by atoms with Crippen molar-refractivity contribution in [3.8, 4) is 0 Å². The lowest BCUT2D eigenvalue weighted by Gasteiger charge is -2.20. The average molecular weight is 169 g/mol. The molecule has 0 saturated carbocycles. The van der Waals surface area contributed by atoms with Gasteiger partial charge < -0.3 is 5.32 Å². The predicted molar refractivity (Wildman–Crippen MR) is 56.3 cm³/mol. The molecule has 0 aliphatic heterocycles. The second-order valence-electron chi connectivity index (χ2n) is 4.94. The number of rotatable bonds is 4. The molecule has 1 heteroatoms. The fourth-order valence-electron chi connectivity index (χ4n) is 0.838. The van der Waals surface area contributed by atoms with Gasteiger partial charge in [-0.25, -0.2) is 0 Å². The van der Waals surface area contributed by atoms with E-state index >= 15 is 0 Å². The topological polar surface area (TPSA) is 12.0 Å². The van der Waals surface area contributed by atoms with Crippen LogP contribution >= 0.6 is 0 Å². The van der Waals surface area contributed by atoms with Crippen molar-refractivity contribution in [2.45, 2.75) is 34.6 Å². The lowest BCUT2D eigenvalue weighted by atomic mass is 9.96. The van der Waals surface area contributed by atoms with Gasteiger partial charge in [0.05, 0.1) is 0 Å². The highest BCUT2D eigenvalue weighted by molar-refractivity contribution is 4.94. The molecule has 0 heterocycles. The van der Waals surface area contributed by atoms with Gasteiger partial charge >= 0.3 is 0 Å². The van der Waals surface area contributed by atoms with Gasteiger partial charge in [0.2, 0.25) is 0 Å². The van der Waals surface area contributed by atoms with E-state index in [4.69, 9.17) is 0 Å². The summed E-state index contributed by atoms with van der Waals surface area (Å²) in [5, 5.41) is 3.45. The van der Waals surface area contributed by atoms with Gasteiger partial charge in [-0.15, -0.1) is 0 Å². The van der Waals surface area contributed by atoms with E-state index in [1.54, 1.807) is 0 Å². The van der Waals surface area contributed by atoms with Crippen LogP contribution in [0.1, 0.15) is 34.6 Å². The van der Waals surface area contributed by atoms with E-state index in [9.17, 15) is 0 Å². The normalized spacial score (nSPS) is 14.4. The molecule has 0 saturated heterocycles. The minimum absolute atomic E-state index is 0.384. The molecular weight excluding hydrogens is 146 g/mol. The summed E-state index contributed by atoms with van der Waals surface area (Å²) >= 11 is 0. The Bertz CT molecular complexity index is 142. The van der Waals surface area contributed by atoms with Crippen LogP contribution in [0, 0.1) is 11.3 Å². The summed E-state index contributed by atoms with van der Waals surface area (Å²) in [6.07, 6.45) is 0. The van der Waals surface area contributed by atoms with Crippen molar-refractivity contribution in [1.29, 1.82) is 0 Å². The van der Waals surface area contributed by atoms with Crippen LogP contribution in [0.5, 0.6) is 0 Å². The smallest absolute Gasteiger partial charge is 0.00142 e. The monoisotopic (exact) mass is 169 g/mol. The van der Waals surface area contributed by atoms with E-state index < -0.39 is 0 Å². The molecule has 0 aromatic carbocycles. The lowest BCUT2D eigenvalue weighted by Crippen LogP contribution is -2.30. The molecule has 1 unspecified atom stereocenters. The van der Waals surface area contributed by atoms with Crippen LogP contribution in [-0.4, -0.2) is 13.1 Å². The fourth-order valence-corrected chi connectivity index (χ4v) is 0.838. The van der Waals surface area contributed by atoms with Crippen LogP contribution in [-0.2, 0) is 0 Å². The summed E-state index contributed by atoms with van der Waals surface area (Å²) in [6, 6.07) is 0. The molecular formula is C11H23N. The van der Waals surface area contributed by atoms with E-state index in [-0.39, 0.29) is 0 Å². The molecule has 0 rings (SSSR count). The highest BCUT2D eigenvalue weighted by Gasteiger charge is 2.10. The molecule has 0 bridgehead atoms. The van der Waals surface area contributed by atoms with Gasteiger partial charge in [-0.1, -0.05) is 39.8 Å². The summed E-state index contributed by atoms with van der Waals surface area (Å²) in [7, 11) is 0. The molecule has 0 aromatic heterocycles. The van der Waals surface area contributed by atoms with Gasteiger partial charge in [0.25, 0.3) is 0 Å². The molecule has 0 spiro atoms. The first-order valence-corrected chi connectivity index (χ1v) is 4.69. The summed E-state index contributed by atoms with van der Waals surface area (Å²) in [5.74, 6) is 0.590. The highest BCUT2D eigenvalue weighted by atomic mass is 14.9. The van der Waals surface area contributed by atoms with Gasteiger partial charge in [0, 0.05) is 13.1 Å². The average Bonchev–Trinajstić information content (AvgIpc) is 1.84. The van der Waals surface area contributed by atoms with Crippen molar-refractivity contribution in [3.05, 3.63) is 12.2 Å². The molecule has 1 atom stereocenters. The molecule has 0 aliphatic carbocycles. The van der Waals surface area contributed by atoms with Crippen molar-refractivity contribution in [2.24, 2.45) is 11.3 Å². The lowest BCUT2D eigenvalue weighted by molar-refractivity contribution is 0.371. The van der Waals surface area contributed by atoms with Crippen LogP contribution in [0.25, 0.3) is 0 Å². The van der Waals surface area contributed by atoms with E-state index in [1.807, 2.05) is 0 Å². The molecule has 0 aliphatic rings. The zero-order valence-corrected chi connectivity index (χ0v) is 9.20. The van der Waals surface area contributed by atoms with Gasteiger partial charge in [0.15, 0.2) is 0 Å². The van der Waals surface area contributed by atoms with Crippen molar-refractivity contribution in [3.63, 3.8) is 0 Å². The zero-order chi connectivity index (χ0) is 9.78. The van der Waals surface area contributed by atoms with Crippen molar-refractivity contribution < 1.29 is 0 Å².